The van der Waals surface area contributed by atoms with Crippen molar-refractivity contribution in [1.82, 2.24) is 18.7 Å². The van der Waals surface area contributed by atoms with Gasteiger partial charge in [0.25, 0.3) is 5.56 Å². The van der Waals surface area contributed by atoms with Gasteiger partial charge in [-0.3, -0.25) is 23.5 Å². The third kappa shape index (κ3) is 4.24. The fourth-order valence-electron chi connectivity index (χ4n) is 3.19. The second kappa shape index (κ2) is 8.89. The Morgan fingerprint density at radius 1 is 1.07 bits per heavy atom. The number of hydrogen-bond acceptors (Lipinski definition) is 6. The molecule has 30 heavy (non-hydrogen) atoms. The summed E-state index contributed by atoms with van der Waals surface area (Å²) in [5.74, 6) is -0.741. The summed E-state index contributed by atoms with van der Waals surface area (Å²) < 4.78 is 9.02. The van der Waals surface area contributed by atoms with Crippen LogP contribution in [0.1, 0.15) is 35.7 Å². The number of rotatable bonds is 8. The lowest BCUT2D eigenvalue weighted by molar-refractivity contribution is -0.142. The van der Waals surface area contributed by atoms with Gasteiger partial charge in [0.1, 0.15) is 0 Å². The van der Waals surface area contributed by atoms with Gasteiger partial charge in [0.15, 0.2) is 23.6 Å². The van der Waals surface area contributed by atoms with Crippen LogP contribution >= 0.6 is 0 Å². The van der Waals surface area contributed by atoms with Crippen LogP contribution in [-0.2, 0) is 36.6 Å². The summed E-state index contributed by atoms with van der Waals surface area (Å²) in [6.07, 6.45) is 2.85. The van der Waals surface area contributed by atoms with Crippen LogP contribution in [0.5, 0.6) is 0 Å². The zero-order valence-electron chi connectivity index (χ0n) is 17.3. The summed E-state index contributed by atoms with van der Waals surface area (Å²) in [5.41, 5.74) is 1.35. The summed E-state index contributed by atoms with van der Waals surface area (Å²) in [6.45, 7) is 2.08. The van der Waals surface area contributed by atoms with Crippen LogP contribution in [0.3, 0.4) is 0 Å². The Hall–Kier alpha value is -3.49. The average Bonchev–Trinajstić information content (AvgIpc) is 3.18. The van der Waals surface area contributed by atoms with Gasteiger partial charge in [0.05, 0.1) is 6.33 Å². The predicted molar refractivity (Wildman–Crippen MR) is 111 cm³/mol. The first-order valence-corrected chi connectivity index (χ1v) is 9.72. The third-order valence-corrected chi connectivity index (χ3v) is 5.05. The summed E-state index contributed by atoms with van der Waals surface area (Å²) in [5, 5.41) is 0. The SMILES string of the molecule is CCc1ccc(C(=O)COC(=O)CCCn2cnc3c2c(=O)n(C)c(=O)n3C)cc1. The smallest absolute Gasteiger partial charge is 0.332 e. The first-order chi connectivity index (χ1) is 14.3. The number of carbonyl (C=O) groups excluding carboxylic acids is 2. The summed E-state index contributed by atoms with van der Waals surface area (Å²) in [7, 11) is 2.96. The molecule has 1 aromatic carbocycles. The van der Waals surface area contributed by atoms with Gasteiger partial charge >= 0.3 is 11.7 Å². The van der Waals surface area contributed by atoms with Crippen molar-refractivity contribution in [3.63, 3.8) is 0 Å². The Balaban J connectivity index is 1.55. The largest absolute Gasteiger partial charge is 0.457 e. The van der Waals surface area contributed by atoms with E-state index in [1.54, 1.807) is 23.7 Å². The van der Waals surface area contributed by atoms with Crippen molar-refractivity contribution in [1.29, 1.82) is 0 Å². The second-order valence-electron chi connectivity index (χ2n) is 7.05. The summed E-state index contributed by atoms with van der Waals surface area (Å²) in [4.78, 5) is 52.6. The highest BCUT2D eigenvalue weighted by Gasteiger charge is 2.15. The van der Waals surface area contributed by atoms with Crippen LogP contribution in [-0.4, -0.2) is 37.0 Å². The number of aryl methyl sites for hydroxylation is 3. The van der Waals surface area contributed by atoms with E-state index in [4.69, 9.17) is 4.74 Å². The molecule has 9 nitrogen and oxygen atoms in total. The van der Waals surface area contributed by atoms with Crippen molar-refractivity contribution >= 4 is 22.9 Å². The number of benzene rings is 1. The van der Waals surface area contributed by atoms with E-state index in [0.717, 1.165) is 16.6 Å². The van der Waals surface area contributed by atoms with E-state index in [0.29, 0.717) is 29.7 Å². The van der Waals surface area contributed by atoms with Crippen molar-refractivity contribution in [3.05, 3.63) is 62.6 Å². The average molecular weight is 412 g/mol. The molecule has 0 spiro atoms. The Kier molecular flexibility index (Phi) is 6.29. The molecule has 2 heterocycles. The second-order valence-corrected chi connectivity index (χ2v) is 7.05. The first-order valence-electron chi connectivity index (χ1n) is 9.72. The molecule has 0 aliphatic heterocycles. The number of hydrogen-bond donors (Lipinski definition) is 0. The normalized spacial score (nSPS) is 11.0. The van der Waals surface area contributed by atoms with Crippen LogP contribution in [0.2, 0.25) is 0 Å². The van der Waals surface area contributed by atoms with Crippen LogP contribution in [0.25, 0.3) is 11.2 Å². The van der Waals surface area contributed by atoms with Gasteiger partial charge in [-0.05, 0) is 18.4 Å². The molecule has 0 atom stereocenters. The van der Waals surface area contributed by atoms with Crippen molar-refractivity contribution in [2.75, 3.05) is 6.61 Å². The van der Waals surface area contributed by atoms with E-state index in [1.165, 1.54) is 17.9 Å². The molecule has 9 heteroatoms. The van der Waals surface area contributed by atoms with Crippen molar-refractivity contribution in [2.24, 2.45) is 14.1 Å². The van der Waals surface area contributed by atoms with Crippen molar-refractivity contribution in [2.45, 2.75) is 32.7 Å². The number of fused-ring (bicyclic) bond motifs is 1. The highest BCUT2D eigenvalue weighted by atomic mass is 16.5. The minimum atomic E-state index is -0.488. The van der Waals surface area contributed by atoms with Gasteiger partial charge in [-0.2, -0.15) is 0 Å². The third-order valence-electron chi connectivity index (χ3n) is 5.05. The van der Waals surface area contributed by atoms with Crippen molar-refractivity contribution in [3.8, 4) is 0 Å². The molecule has 0 saturated carbocycles. The maximum absolute atomic E-state index is 12.4. The molecule has 158 valence electrons. The van der Waals surface area contributed by atoms with Gasteiger partial charge in [-0.15, -0.1) is 0 Å². The van der Waals surface area contributed by atoms with Crippen LogP contribution in [0, 0.1) is 0 Å². The van der Waals surface area contributed by atoms with Gasteiger partial charge in [-0.25, -0.2) is 9.78 Å². The molecule has 0 bridgehead atoms. The Morgan fingerprint density at radius 2 is 1.77 bits per heavy atom. The Bertz CT molecular complexity index is 1200. The quantitative estimate of drug-likeness (QED) is 0.407. The maximum atomic E-state index is 12.4. The van der Waals surface area contributed by atoms with E-state index in [9.17, 15) is 19.2 Å². The number of carbonyl (C=O) groups is 2. The minimum absolute atomic E-state index is 0.0911. The molecule has 0 aliphatic carbocycles. The van der Waals surface area contributed by atoms with E-state index >= 15 is 0 Å². The van der Waals surface area contributed by atoms with Crippen LogP contribution < -0.4 is 11.2 Å². The standard InChI is InChI=1S/C21H24N4O5/c1-4-14-7-9-15(10-8-14)16(26)12-30-17(27)6-5-11-25-13-22-19-18(25)20(28)24(3)21(29)23(19)2/h7-10,13H,4-6,11-12H2,1-3H3. The molecule has 0 N–H and O–H groups in total. The zero-order chi connectivity index (χ0) is 21.8. The molecule has 0 aliphatic rings. The highest BCUT2D eigenvalue weighted by molar-refractivity contribution is 5.97. The van der Waals surface area contributed by atoms with Crippen molar-refractivity contribution < 1.29 is 14.3 Å². The predicted octanol–water partition coefficient (Wildman–Crippen LogP) is 1.20. The first kappa shape index (κ1) is 21.2. The molecule has 0 amide bonds. The van der Waals surface area contributed by atoms with E-state index in [1.807, 2.05) is 19.1 Å². The number of nitrogens with zero attached hydrogens (tertiary/aromatic N) is 4. The lowest BCUT2D eigenvalue weighted by atomic mass is 10.1. The van der Waals surface area contributed by atoms with E-state index in [-0.39, 0.29) is 18.8 Å². The van der Waals surface area contributed by atoms with Gasteiger partial charge in [0, 0.05) is 32.6 Å². The summed E-state index contributed by atoms with van der Waals surface area (Å²) >= 11 is 0. The molecule has 0 radical (unpaired) electrons. The van der Waals surface area contributed by atoms with Gasteiger partial charge in [0.2, 0.25) is 0 Å². The Morgan fingerprint density at radius 3 is 2.43 bits per heavy atom. The number of ether oxygens (including phenoxy) is 1. The molecule has 2 aromatic heterocycles. The molecular weight excluding hydrogens is 388 g/mol. The molecule has 3 rings (SSSR count). The number of ketones is 1. The number of Topliss-reactive ketones (excluding diaryl/α,β-unsaturated/α-hetero) is 1. The van der Waals surface area contributed by atoms with E-state index < -0.39 is 17.2 Å². The van der Waals surface area contributed by atoms with E-state index in [2.05, 4.69) is 4.98 Å². The van der Waals surface area contributed by atoms with Gasteiger partial charge < -0.3 is 9.30 Å². The number of imidazole rings is 1. The minimum Gasteiger partial charge on any atom is -0.457 e. The molecule has 0 unspecified atom stereocenters. The topological polar surface area (TPSA) is 105 Å². The lowest BCUT2D eigenvalue weighted by Crippen LogP contribution is -2.37. The number of aromatic nitrogens is 4. The van der Waals surface area contributed by atoms with Crippen LogP contribution in [0.15, 0.2) is 40.2 Å². The molecule has 0 fully saturated rings. The number of esters is 1. The fraction of sp³-hybridized carbons (Fsp3) is 0.381. The Labute approximate surface area is 172 Å². The monoisotopic (exact) mass is 412 g/mol. The molecule has 3 aromatic rings. The zero-order valence-corrected chi connectivity index (χ0v) is 17.3. The lowest BCUT2D eigenvalue weighted by Gasteiger charge is -2.07. The van der Waals surface area contributed by atoms with Crippen LogP contribution in [0.4, 0.5) is 0 Å². The highest BCUT2D eigenvalue weighted by Crippen LogP contribution is 2.09. The van der Waals surface area contributed by atoms with Gasteiger partial charge in [-0.1, -0.05) is 31.2 Å². The molecular formula is C21H24N4O5. The summed E-state index contributed by atoms with van der Waals surface area (Å²) in [6, 6.07) is 7.22. The maximum Gasteiger partial charge on any atom is 0.332 e. The fourth-order valence-corrected chi connectivity index (χ4v) is 3.19. The molecule has 0 saturated heterocycles.